The van der Waals surface area contributed by atoms with Crippen molar-refractivity contribution in [3.05, 3.63) is 71.8 Å². The maximum absolute atomic E-state index is 12.1. The van der Waals surface area contributed by atoms with Gasteiger partial charge in [-0.2, -0.15) is 0 Å². The highest BCUT2D eigenvalue weighted by molar-refractivity contribution is 5.24. The molecule has 1 saturated heterocycles. The lowest BCUT2D eigenvalue weighted by molar-refractivity contribution is -0.765. The lowest BCUT2D eigenvalue weighted by Crippen LogP contribution is -2.93. The van der Waals surface area contributed by atoms with Crippen LogP contribution < -0.4 is 5.32 Å². The standard InChI is InChI=1S/C25H35NO/c1-4-6-18-25(27)19(3)23(20-14-9-7-10-15-20)26-24(22(25)13-5-2)21-16-11-8-12-17-21/h7-12,14-17,19,22-24,26-27H,4-6,13,18H2,1-3H3/p+1/t19-,22-,23+,24+,25-/m0/s1. The zero-order valence-corrected chi connectivity index (χ0v) is 17.1. The first-order valence-corrected chi connectivity index (χ1v) is 10.8. The first-order chi connectivity index (χ1) is 13.1. The third-order valence-corrected chi connectivity index (χ3v) is 6.72. The maximum atomic E-state index is 12.1. The Morgan fingerprint density at radius 1 is 0.852 bits per heavy atom. The Hall–Kier alpha value is -1.64. The average Bonchev–Trinajstić information content (AvgIpc) is 2.72. The van der Waals surface area contributed by atoms with E-state index in [4.69, 9.17) is 0 Å². The minimum atomic E-state index is -0.623. The second-order valence-corrected chi connectivity index (χ2v) is 8.34. The van der Waals surface area contributed by atoms with Crippen LogP contribution in [-0.4, -0.2) is 10.7 Å². The van der Waals surface area contributed by atoms with E-state index in [0.717, 1.165) is 32.1 Å². The van der Waals surface area contributed by atoms with Crippen LogP contribution in [-0.2, 0) is 0 Å². The second kappa shape index (κ2) is 9.03. The number of nitrogens with two attached hydrogens (primary N) is 1. The van der Waals surface area contributed by atoms with E-state index < -0.39 is 5.60 Å². The van der Waals surface area contributed by atoms with Gasteiger partial charge in [-0.05, 0) is 12.8 Å². The molecule has 1 heterocycles. The fourth-order valence-electron chi connectivity index (χ4n) is 5.19. The molecule has 2 aromatic carbocycles. The molecule has 5 atom stereocenters. The summed E-state index contributed by atoms with van der Waals surface area (Å²) in [6.45, 7) is 6.74. The molecule has 146 valence electrons. The molecule has 27 heavy (non-hydrogen) atoms. The zero-order chi connectivity index (χ0) is 19.3. The average molecular weight is 367 g/mol. The van der Waals surface area contributed by atoms with E-state index >= 15 is 0 Å². The largest absolute Gasteiger partial charge is 0.389 e. The van der Waals surface area contributed by atoms with Crippen molar-refractivity contribution in [2.24, 2.45) is 11.8 Å². The number of piperidine rings is 1. The van der Waals surface area contributed by atoms with Crippen LogP contribution in [0.25, 0.3) is 0 Å². The van der Waals surface area contributed by atoms with Crippen LogP contribution in [0.2, 0.25) is 0 Å². The van der Waals surface area contributed by atoms with Gasteiger partial charge in [-0.1, -0.05) is 101 Å². The van der Waals surface area contributed by atoms with Gasteiger partial charge in [0.1, 0.15) is 12.1 Å². The van der Waals surface area contributed by atoms with Crippen molar-refractivity contribution in [2.75, 3.05) is 0 Å². The molecule has 3 rings (SSSR count). The summed E-state index contributed by atoms with van der Waals surface area (Å²) >= 11 is 0. The third kappa shape index (κ3) is 4.12. The summed E-state index contributed by atoms with van der Waals surface area (Å²) in [5.41, 5.74) is 2.05. The first kappa shape index (κ1) is 20.1. The number of rotatable bonds is 7. The Morgan fingerprint density at radius 2 is 1.41 bits per heavy atom. The number of hydrogen-bond donors (Lipinski definition) is 2. The van der Waals surface area contributed by atoms with E-state index in [1.807, 2.05) is 0 Å². The van der Waals surface area contributed by atoms with Crippen molar-refractivity contribution >= 4 is 0 Å². The van der Waals surface area contributed by atoms with Crippen molar-refractivity contribution in [1.82, 2.24) is 0 Å². The van der Waals surface area contributed by atoms with E-state index in [2.05, 4.69) is 86.8 Å². The Labute approximate surface area is 165 Å². The molecule has 0 spiro atoms. The van der Waals surface area contributed by atoms with Gasteiger partial charge >= 0.3 is 0 Å². The van der Waals surface area contributed by atoms with Gasteiger partial charge in [0, 0.05) is 23.0 Å². The van der Waals surface area contributed by atoms with Gasteiger partial charge < -0.3 is 10.4 Å². The number of hydrogen-bond acceptors (Lipinski definition) is 1. The topological polar surface area (TPSA) is 36.8 Å². The van der Waals surface area contributed by atoms with Crippen molar-refractivity contribution in [1.29, 1.82) is 0 Å². The van der Waals surface area contributed by atoms with Crippen LogP contribution in [0, 0.1) is 11.8 Å². The molecular formula is C25H36NO+. The maximum Gasteiger partial charge on any atom is 0.118 e. The Bertz CT molecular complexity index is 686. The summed E-state index contributed by atoms with van der Waals surface area (Å²) in [5, 5.41) is 14.6. The van der Waals surface area contributed by atoms with Gasteiger partial charge in [0.25, 0.3) is 0 Å². The van der Waals surface area contributed by atoms with Crippen molar-refractivity contribution in [3.8, 4) is 0 Å². The molecule has 2 nitrogen and oxygen atoms in total. The van der Waals surface area contributed by atoms with Crippen LogP contribution >= 0.6 is 0 Å². The molecule has 1 aliphatic rings. The van der Waals surface area contributed by atoms with Crippen LogP contribution in [0.5, 0.6) is 0 Å². The summed E-state index contributed by atoms with van der Waals surface area (Å²) in [4.78, 5) is 0. The fourth-order valence-corrected chi connectivity index (χ4v) is 5.19. The van der Waals surface area contributed by atoms with Crippen molar-refractivity contribution < 1.29 is 10.4 Å². The van der Waals surface area contributed by atoms with Gasteiger partial charge in [0.2, 0.25) is 0 Å². The lowest BCUT2D eigenvalue weighted by atomic mass is 9.62. The molecule has 0 aromatic heterocycles. The molecule has 0 radical (unpaired) electrons. The van der Waals surface area contributed by atoms with Crippen molar-refractivity contribution in [3.63, 3.8) is 0 Å². The van der Waals surface area contributed by atoms with E-state index in [1.54, 1.807) is 0 Å². The SMILES string of the molecule is CCCC[C@]1(O)[C@@H](C)[C@H](c2ccccc2)[NH2+][C@H](c2ccccc2)[C@@H]1CCC. The number of unbranched alkanes of at least 4 members (excludes halogenated alkanes) is 1. The quantitative estimate of drug-likeness (QED) is 0.709. The fraction of sp³-hybridized carbons (Fsp3) is 0.520. The van der Waals surface area contributed by atoms with Crippen LogP contribution in [0.3, 0.4) is 0 Å². The zero-order valence-electron chi connectivity index (χ0n) is 17.1. The molecule has 0 amide bonds. The molecule has 1 fully saturated rings. The van der Waals surface area contributed by atoms with Crippen LogP contribution in [0.4, 0.5) is 0 Å². The Morgan fingerprint density at radius 3 is 1.93 bits per heavy atom. The van der Waals surface area contributed by atoms with E-state index in [1.165, 1.54) is 11.1 Å². The molecule has 0 unspecified atom stereocenters. The smallest absolute Gasteiger partial charge is 0.118 e. The molecule has 0 aliphatic carbocycles. The second-order valence-electron chi connectivity index (χ2n) is 8.34. The summed E-state index contributed by atoms with van der Waals surface area (Å²) in [6.07, 6.45) is 5.30. The summed E-state index contributed by atoms with van der Waals surface area (Å²) in [5.74, 6) is 0.509. The molecule has 1 aliphatic heterocycles. The summed E-state index contributed by atoms with van der Waals surface area (Å²) in [6, 6.07) is 22.2. The van der Waals surface area contributed by atoms with Crippen LogP contribution in [0.1, 0.15) is 76.1 Å². The molecule has 3 N–H and O–H groups in total. The molecule has 0 bridgehead atoms. The Balaban J connectivity index is 2.05. The molecular weight excluding hydrogens is 330 g/mol. The highest BCUT2D eigenvalue weighted by Gasteiger charge is 2.54. The minimum Gasteiger partial charge on any atom is -0.389 e. The van der Waals surface area contributed by atoms with Gasteiger partial charge in [-0.25, -0.2) is 0 Å². The van der Waals surface area contributed by atoms with Crippen LogP contribution in [0.15, 0.2) is 60.7 Å². The Kier molecular flexibility index (Phi) is 6.73. The van der Waals surface area contributed by atoms with Gasteiger partial charge in [-0.15, -0.1) is 0 Å². The first-order valence-electron chi connectivity index (χ1n) is 10.8. The molecule has 2 heteroatoms. The molecule has 0 saturated carbocycles. The lowest BCUT2D eigenvalue weighted by Gasteiger charge is -2.51. The predicted molar refractivity (Wildman–Crippen MR) is 112 cm³/mol. The number of benzene rings is 2. The number of aliphatic hydroxyl groups is 1. The monoisotopic (exact) mass is 366 g/mol. The van der Waals surface area contributed by atoms with Crippen molar-refractivity contribution in [2.45, 2.75) is 70.6 Å². The van der Waals surface area contributed by atoms with E-state index in [-0.39, 0.29) is 17.9 Å². The van der Waals surface area contributed by atoms with E-state index in [9.17, 15) is 5.11 Å². The predicted octanol–water partition coefficient (Wildman–Crippen LogP) is 5.02. The van der Waals surface area contributed by atoms with Gasteiger partial charge in [-0.3, -0.25) is 0 Å². The number of quaternary nitrogens is 1. The van der Waals surface area contributed by atoms with Gasteiger partial charge in [0.15, 0.2) is 0 Å². The normalized spacial score (nSPS) is 31.0. The highest BCUT2D eigenvalue weighted by atomic mass is 16.3. The molecule has 2 aromatic rings. The summed E-state index contributed by atoms with van der Waals surface area (Å²) in [7, 11) is 0. The van der Waals surface area contributed by atoms with Gasteiger partial charge in [0.05, 0.1) is 5.60 Å². The highest BCUT2D eigenvalue weighted by Crippen LogP contribution is 2.47. The third-order valence-electron chi connectivity index (χ3n) is 6.72. The minimum absolute atomic E-state index is 0.225. The summed E-state index contributed by atoms with van der Waals surface area (Å²) < 4.78 is 0. The van der Waals surface area contributed by atoms with E-state index in [0.29, 0.717) is 6.04 Å².